The van der Waals surface area contributed by atoms with Gasteiger partial charge in [0.15, 0.2) is 0 Å². The molecule has 1 unspecified atom stereocenters. The Hall–Kier alpha value is -0.640. The van der Waals surface area contributed by atoms with Crippen molar-refractivity contribution in [3.05, 3.63) is 35.1 Å². The first kappa shape index (κ1) is 13.4. The van der Waals surface area contributed by atoms with Gasteiger partial charge in [0.2, 0.25) is 0 Å². The van der Waals surface area contributed by atoms with Crippen LogP contribution in [0.15, 0.2) is 18.2 Å². The minimum absolute atomic E-state index is 0. The summed E-state index contributed by atoms with van der Waals surface area (Å²) in [5.74, 6) is -0.128. The normalized spacial score (nSPS) is 20.8. The number of nitrogens with zero attached hydrogens (tertiary/aromatic N) is 1. The molecular weight excluding hydrogens is 227 g/mol. The highest BCUT2D eigenvalue weighted by molar-refractivity contribution is 5.85. The highest BCUT2D eigenvalue weighted by atomic mass is 35.5. The van der Waals surface area contributed by atoms with Gasteiger partial charge in [0.1, 0.15) is 5.82 Å². The quantitative estimate of drug-likeness (QED) is 0.863. The van der Waals surface area contributed by atoms with Crippen LogP contribution in [0.1, 0.15) is 17.5 Å². The Balaban J connectivity index is 0.00000128. The lowest BCUT2D eigenvalue weighted by Gasteiger charge is -2.15. The van der Waals surface area contributed by atoms with Gasteiger partial charge < -0.3 is 5.73 Å². The molecule has 0 bridgehead atoms. The first-order valence-corrected chi connectivity index (χ1v) is 5.38. The van der Waals surface area contributed by atoms with Crippen LogP contribution in [0.5, 0.6) is 0 Å². The number of aryl methyl sites for hydroxylation is 1. The van der Waals surface area contributed by atoms with Gasteiger partial charge in [-0.25, -0.2) is 4.39 Å². The van der Waals surface area contributed by atoms with Crippen molar-refractivity contribution in [1.82, 2.24) is 4.90 Å². The van der Waals surface area contributed by atoms with Crippen molar-refractivity contribution >= 4 is 12.4 Å². The molecular formula is C12H18ClFN2. The number of hydrogen-bond acceptors (Lipinski definition) is 2. The third-order valence-electron chi connectivity index (χ3n) is 2.94. The zero-order valence-corrected chi connectivity index (χ0v) is 10.3. The van der Waals surface area contributed by atoms with Gasteiger partial charge in [0, 0.05) is 25.7 Å². The molecule has 1 saturated heterocycles. The Bertz CT molecular complexity index is 357. The predicted molar refractivity (Wildman–Crippen MR) is 66.3 cm³/mol. The standard InChI is InChI=1S/C12H17FN2.ClH/c1-9-6-10(2-3-12(9)13)7-15-5-4-11(14)8-15;/h2-3,6,11H,4-5,7-8,14H2,1H3;1H. The molecule has 1 aliphatic rings. The lowest BCUT2D eigenvalue weighted by Crippen LogP contribution is -2.26. The molecule has 2 nitrogen and oxygen atoms in total. The van der Waals surface area contributed by atoms with E-state index in [1.807, 2.05) is 12.1 Å². The van der Waals surface area contributed by atoms with E-state index < -0.39 is 0 Å². The molecule has 0 aliphatic carbocycles. The van der Waals surface area contributed by atoms with Crippen LogP contribution in [0.3, 0.4) is 0 Å². The Morgan fingerprint density at radius 1 is 1.50 bits per heavy atom. The van der Waals surface area contributed by atoms with Crippen molar-refractivity contribution in [3.63, 3.8) is 0 Å². The van der Waals surface area contributed by atoms with Gasteiger partial charge in [0.25, 0.3) is 0 Å². The van der Waals surface area contributed by atoms with Gasteiger partial charge >= 0.3 is 0 Å². The SMILES string of the molecule is Cc1cc(CN2CCC(N)C2)ccc1F.Cl. The van der Waals surface area contributed by atoms with E-state index in [1.165, 1.54) is 5.56 Å². The summed E-state index contributed by atoms with van der Waals surface area (Å²) in [5, 5.41) is 0. The topological polar surface area (TPSA) is 29.3 Å². The van der Waals surface area contributed by atoms with Gasteiger partial charge in [-0.3, -0.25) is 4.90 Å². The first-order chi connectivity index (χ1) is 7.15. The van der Waals surface area contributed by atoms with Crippen LogP contribution in [0, 0.1) is 12.7 Å². The second-order valence-electron chi connectivity index (χ2n) is 4.37. The first-order valence-electron chi connectivity index (χ1n) is 5.38. The Morgan fingerprint density at radius 2 is 2.25 bits per heavy atom. The predicted octanol–water partition coefficient (Wildman–Crippen LogP) is 2.09. The van der Waals surface area contributed by atoms with Crippen LogP contribution < -0.4 is 5.73 Å². The van der Waals surface area contributed by atoms with Crippen LogP contribution in [-0.4, -0.2) is 24.0 Å². The smallest absolute Gasteiger partial charge is 0.126 e. The van der Waals surface area contributed by atoms with Crippen LogP contribution in [0.4, 0.5) is 4.39 Å². The Morgan fingerprint density at radius 3 is 2.81 bits per heavy atom. The molecule has 0 radical (unpaired) electrons. The van der Waals surface area contributed by atoms with Crippen molar-refractivity contribution in [2.75, 3.05) is 13.1 Å². The molecule has 4 heteroatoms. The van der Waals surface area contributed by atoms with Crippen LogP contribution in [0.25, 0.3) is 0 Å². The molecule has 0 aromatic heterocycles. The number of halogens is 2. The minimum Gasteiger partial charge on any atom is -0.326 e. The van der Waals surface area contributed by atoms with Gasteiger partial charge in [-0.1, -0.05) is 12.1 Å². The summed E-state index contributed by atoms with van der Waals surface area (Å²) in [4.78, 5) is 2.32. The average molecular weight is 245 g/mol. The van der Waals surface area contributed by atoms with E-state index in [4.69, 9.17) is 5.73 Å². The lowest BCUT2D eigenvalue weighted by atomic mass is 10.1. The van der Waals surface area contributed by atoms with Gasteiger partial charge in [0.05, 0.1) is 0 Å². The molecule has 1 aromatic rings. The molecule has 90 valence electrons. The summed E-state index contributed by atoms with van der Waals surface area (Å²) >= 11 is 0. The largest absolute Gasteiger partial charge is 0.326 e. The number of likely N-dealkylation sites (tertiary alicyclic amines) is 1. The lowest BCUT2D eigenvalue weighted by molar-refractivity contribution is 0.326. The maximum atomic E-state index is 13.0. The Labute approximate surface area is 102 Å². The highest BCUT2D eigenvalue weighted by Gasteiger charge is 2.18. The fourth-order valence-electron chi connectivity index (χ4n) is 2.07. The van der Waals surface area contributed by atoms with E-state index in [9.17, 15) is 4.39 Å². The van der Waals surface area contributed by atoms with Gasteiger partial charge in [-0.15, -0.1) is 12.4 Å². The second kappa shape index (κ2) is 5.62. The summed E-state index contributed by atoms with van der Waals surface area (Å²) in [7, 11) is 0. The highest BCUT2D eigenvalue weighted by Crippen LogP contribution is 2.14. The van der Waals surface area contributed by atoms with E-state index in [0.717, 1.165) is 31.6 Å². The van der Waals surface area contributed by atoms with Crippen LogP contribution >= 0.6 is 12.4 Å². The van der Waals surface area contributed by atoms with Crippen molar-refractivity contribution < 1.29 is 4.39 Å². The second-order valence-corrected chi connectivity index (χ2v) is 4.37. The van der Waals surface area contributed by atoms with Gasteiger partial charge in [-0.05, 0) is 30.5 Å². The molecule has 2 rings (SSSR count). The van der Waals surface area contributed by atoms with Crippen molar-refractivity contribution in [1.29, 1.82) is 0 Å². The third kappa shape index (κ3) is 3.17. The molecule has 1 atom stereocenters. The molecule has 1 aromatic carbocycles. The molecule has 1 aliphatic heterocycles. The van der Waals surface area contributed by atoms with E-state index in [-0.39, 0.29) is 18.2 Å². The number of rotatable bonds is 2. The maximum absolute atomic E-state index is 13.0. The van der Waals surface area contributed by atoms with E-state index >= 15 is 0 Å². The molecule has 16 heavy (non-hydrogen) atoms. The summed E-state index contributed by atoms with van der Waals surface area (Å²) < 4.78 is 13.0. The number of benzene rings is 1. The summed E-state index contributed by atoms with van der Waals surface area (Å²) in [6.45, 7) is 4.69. The summed E-state index contributed by atoms with van der Waals surface area (Å²) in [6.07, 6.45) is 1.07. The average Bonchev–Trinajstić information content (AvgIpc) is 2.58. The maximum Gasteiger partial charge on any atom is 0.126 e. The third-order valence-corrected chi connectivity index (χ3v) is 2.94. The van der Waals surface area contributed by atoms with E-state index in [2.05, 4.69) is 4.90 Å². The van der Waals surface area contributed by atoms with Crippen molar-refractivity contribution in [3.8, 4) is 0 Å². The molecule has 1 heterocycles. The summed E-state index contributed by atoms with van der Waals surface area (Å²) in [6, 6.07) is 5.62. The molecule has 1 fully saturated rings. The molecule has 0 amide bonds. The zero-order chi connectivity index (χ0) is 10.8. The number of hydrogen-bond donors (Lipinski definition) is 1. The van der Waals surface area contributed by atoms with Gasteiger partial charge in [-0.2, -0.15) is 0 Å². The van der Waals surface area contributed by atoms with Crippen molar-refractivity contribution in [2.45, 2.75) is 25.9 Å². The van der Waals surface area contributed by atoms with E-state index in [1.54, 1.807) is 13.0 Å². The fraction of sp³-hybridized carbons (Fsp3) is 0.500. The van der Waals surface area contributed by atoms with E-state index in [0.29, 0.717) is 6.04 Å². The molecule has 2 N–H and O–H groups in total. The van der Waals surface area contributed by atoms with Crippen LogP contribution in [-0.2, 0) is 6.54 Å². The fourth-order valence-corrected chi connectivity index (χ4v) is 2.07. The minimum atomic E-state index is -0.128. The Kier molecular flexibility index (Phi) is 4.71. The monoisotopic (exact) mass is 244 g/mol. The van der Waals surface area contributed by atoms with Crippen molar-refractivity contribution in [2.24, 2.45) is 5.73 Å². The summed E-state index contributed by atoms with van der Waals surface area (Å²) in [5.41, 5.74) is 7.72. The zero-order valence-electron chi connectivity index (χ0n) is 9.45. The molecule has 0 spiro atoms. The molecule has 0 saturated carbocycles. The van der Waals surface area contributed by atoms with Crippen LogP contribution in [0.2, 0.25) is 0 Å². The number of nitrogens with two attached hydrogens (primary N) is 1.